The van der Waals surface area contributed by atoms with Crippen molar-refractivity contribution in [2.45, 2.75) is 26.1 Å². The number of methoxy groups -OCH3 is 1. The molecule has 0 N–H and O–H groups in total. The molecule has 0 aliphatic carbocycles. The normalized spacial score (nSPS) is 16.5. The lowest BCUT2D eigenvalue weighted by Gasteiger charge is -2.21. The van der Waals surface area contributed by atoms with E-state index >= 15 is 0 Å². The Bertz CT molecular complexity index is 1010. The molecule has 0 spiro atoms. The molecule has 3 aromatic rings. The standard InChI is InChI=1S/C23H24N2O4S/c1-16-20(24-22(29-16)18-8-4-3-5-9-18)13-28-19-10-6-7-17(11-19)12-25-15-30-14-21(25)23(26)27-2/h3-11,21H,12-15H2,1-2H3/t21-/m0/s1. The van der Waals surface area contributed by atoms with E-state index in [1.807, 2.05) is 61.5 Å². The number of nitrogens with zero attached hydrogens (tertiary/aromatic N) is 2. The Kier molecular flexibility index (Phi) is 6.40. The lowest BCUT2D eigenvalue weighted by molar-refractivity contribution is -0.145. The van der Waals surface area contributed by atoms with Crippen LogP contribution in [0.15, 0.2) is 59.0 Å². The quantitative estimate of drug-likeness (QED) is 0.525. The van der Waals surface area contributed by atoms with Crippen molar-refractivity contribution in [3.63, 3.8) is 0 Å². The molecule has 1 aromatic heterocycles. The number of esters is 1. The zero-order valence-electron chi connectivity index (χ0n) is 17.0. The van der Waals surface area contributed by atoms with Crippen LogP contribution >= 0.6 is 11.8 Å². The Morgan fingerprint density at radius 2 is 2.07 bits per heavy atom. The van der Waals surface area contributed by atoms with Gasteiger partial charge in [0.2, 0.25) is 5.89 Å². The van der Waals surface area contributed by atoms with Gasteiger partial charge in [-0.2, -0.15) is 0 Å². The third-order valence-corrected chi connectivity index (χ3v) is 6.09. The molecule has 0 bridgehead atoms. The maximum absolute atomic E-state index is 12.0. The van der Waals surface area contributed by atoms with Crippen molar-refractivity contribution >= 4 is 17.7 Å². The number of hydrogen-bond donors (Lipinski definition) is 0. The summed E-state index contributed by atoms with van der Waals surface area (Å²) in [6.45, 7) is 2.90. The van der Waals surface area contributed by atoms with Crippen LogP contribution in [0.25, 0.3) is 11.5 Å². The highest BCUT2D eigenvalue weighted by molar-refractivity contribution is 7.99. The highest BCUT2D eigenvalue weighted by Gasteiger charge is 2.31. The molecule has 0 saturated carbocycles. The highest BCUT2D eigenvalue weighted by Crippen LogP contribution is 2.26. The van der Waals surface area contributed by atoms with Crippen LogP contribution in [0.3, 0.4) is 0 Å². The van der Waals surface area contributed by atoms with Crippen molar-refractivity contribution in [1.82, 2.24) is 9.88 Å². The fourth-order valence-corrected chi connectivity index (χ4v) is 4.55. The first-order valence-electron chi connectivity index (χ1n) is 9.77. The van der Waals surface area contributed by atoms with Crippen LogP contribution in [0.2, 0.25) is 0 Å². The van der Waals surface area contributed by atoms with Crippen LogP contribution < -0.4 is 4.74 Å². The van der Waals surface area contributed by atoms with Crippen molar-refractivity contribution in [3.05, 3.63) is 71.6 Å². The van der Waals surface area contributed by atoms with Gasteiger partial charge in [0, 0.05) is 23.7 Å². The minimum atomic E-state index is -0.196. The minimum absolute atomic E-state index is 0.178. The summed E-state index contributed by atoms with van der Waals surface area (Å²) < 4.78 is 16.7. The number of carbonyl (C=O) groups is 1. The molecule has 0 unspecified atom stereocenters. The van der Waals surface area contributed by atoms with Gasteiger partial charge in [-0.15, -0.1) is 11.8 Å². The summed E-state index contributed by atoms with van der Waals surface area (Å²) in [5.74, 6) is 3.50. The van der Waals surface area contributed by atoms with Crippen molar-refractivity contribution < 1.29 is 18.7 Å². The van der Waals surface area contributed by atoms with Crippen molar-refractivity contribution in [3.8, 4) is 17.2 Å². The first-order chi connectivity index (χ1) is 14.6. The van der Waals surface area contributed by atoms with E-state index in [9.17, 15) is 4.79 Å². The number of rotatable bonds is 7. The molecule has 0 radical (unpaired) electrons. The second-order valence-corrected chi connectivity index (χ2v) is 8.11. The number of thioether (sulfide) groups is 1. The summed E-state index contributed by atoms with van der Waals surface area (Å²) in [6, 6.07) is 17.6. The average Bonchev–Trinajstić information content (AvgIpc) is 3.39. The molecule has 156 valence electrons. The second-order valence-electron chi connectivity index (χ2n) is 7.11. The predicted octanol–water partition coefficient (Wildman–Crippen LogP) is 4.28. The van der Waals surface area contributed by atoms with Gasteiger partial charge < -0.3 is 13.9 Å². The maximum atomic E-state index is 12.0. The van der Waals surface area contributed by atoms with Crippen LogP contribution in [0.1, 0.15) is 17.0 Å². The minimum Gasteiger partial charge on any atom is -0.487 e. The molecule has 1 aliphatic heterocycles. The van der Waals surface area contributed by atoms with Gasteiger partial charge in [0.25, 0.3) is 0 Å². The van der Waals surface area contributed by atoms with E-state index in [2.05, 4.69) is 9.88 Å². The molecule has 0 amide bonds. The van der Waals surface area contributed by atoms with Crippen LogP contribution in [-0.4, -0.2) is 40.6 Å². The van der Waals surface area contributed by atoms with Crippen molar-refractivity contribution in [1.29, 1.82) is 0 Å². The number of aryl methyl sites for hydroxylation is 1. The third kappa shape index (κ3) is 4.68. The molecule has 1 saturated heterocycles. The van der Waals surface area contributed by atoms with Gasteiger partial charge in [0.1, 0.15) is 29.9 Å². The molecule has 2 heterocycles. The first-order valence-corrected chi connectivity index (χ1v) is 10.9. The van der Waals surface area contributed by atoms with Crippen LogP contribution in [0, 0.1) is 6.92 Å². The van der Waals surface area contributed by atoms with Gasteiger partial charge in [-0.05, 0) is 36.8 Å². The molecule has 6 nitrogen and oxygen atoms in total. The Hall–Kier alpha value is -2.77. The zero-order valence-corrected chi connectivity index (χ0v) is 17.9. The number of aromatic nitrogens is 1. The fourth-order valence-electron chi connectivity index (χ4n) is 3.37. The SMILES string of the molecule is COC(=O)[C@@H]1CSCN1Cc1cccc(OCc2nc(-c3ccccc3)oc2C)c1. The summed E-state index contributed by atoms with van der Waals surface area (Å²) in [7, 11) is 1.44. The van der Waals surface area contributed by atoms with E-state index in [0.29, 0.717) is 19.0 Å². The molecule has 4 rings (SSSR count). The number of oxazole rings is 1. The maximum Gasteiger partial charge on any atom is 0.323 e. The van der Waals surface area contributed by atoms with E-state index in [1.54, 1.807) is 11.8 Å². The number of benzene rings is 2. The highest BCUT2D eigenvalue weighted by atomic mass is 32.2. The van der Waals surface area contributed by atoms with Gasteiger partial charge in [-0.1, -0.05) is 30.3 Å². The van der Waals surface area contributed by atoms with Crippen molar-refractivity contribution in [2.24, 2.45) is 0 Å². The summed E-state index contributed by atoms with van der Waals surface area (Å²) in [6.07, 6.45) is 0. The smallest absolute Gasteiger partial charge is 0.323 e. The van der Waals surface area contributed by atoms with E-state index < -0.39 is 0 Å². The van der Waals surface area contributed by atoms with Crippen LogP contribution in [0.4, 0.5) is 0 Å². The number of carbonyl (C=O) groups excluding carboxylic acids is 1. The Morgan fingerprint density at radius 3 is 2.87 bits per heavy atom. The summed E-state index contributed by atoms with van der Waals surface area (Å²) in [4.78, 5) is 18.7. The topological polar surface area (TPSA) is 64.8 Å². The molecular weight excluding hydrogens is 400 g/mol. The largest absolute Gasteiger partial charge is 0.487 e. The fraction of sp³-hybridized carbons (Fsp3) is 0.304. The molecule has 1 atom stereocenters. The second kappa shape index (κ2) is 9.36. The third-order valence-electron chi connectivity index (χ3n) is 5.02. The lowest BCUT2D eigenvalue weighted by Crippen LogP contribution is -2.38. The summed E-state index contributed by atoms with van der Waals surface area (Å²) in [5, 5.41) is 0. The first kappa shape index (κ1) is 20.5. The predicted molar refractivity (Wildman–Crippen MR) is 116 cm³/mol. The molecule has 1 fully saturated rings. The summed E-state index contributed by atoms with van der Waals surface area (Å²) in [5.41, 5.74) is 2.81. The Balaban J connectivity index is 1.41. The van der Waals surface area contributed by atoms with Crippen molar-refractivity contribution in [2.75, 3.05) is 18.7 Å². The van der Waals surface area contributed by atoms with Gasteiger partial charge >= 0.3 is 5.97 Å². The Labute approximate surface area is 180 Å². The lowest BCUT2D eigenvalue weighted by atomic mass is 10.2. The number of ether oxygens (including phenoxy) is 2. The van der Waals surface area contributed by atoms with Gasteiger partial charge in [-0.3, -0.25) is 9.69 Å². The van der Waals surface area contributed by atoms with Crippen LogP contribution in [0.5, 0.6) is 5.75 Å². The number of hydrogen-bond acceptors (Lipinski definition) is 7. The van der Waals surface area contributed by atoms with Gasteiger partial charge in [0.05, 0.1) is 7.11 Å². The van der Waals surface area contributed by atoms with Gasteiger partial charge in [0.15, 0.2) is 0 Å². The monoisotopic (exact) mass is 424 g/mol. The molecule has 7 heteroatoms. The van der Waals surface area contributed by atoms with E-state index in [1.165, 1.54) is 7.11 Å². The van der Waals surface area contributed by atoms with E-state index in [-0.39, 0.29) is 12.0 Å². The van der Waals surface area contributed by atoms with Gasteiger partial charge in [-0.25, -0.2) is 4.98 Å². The molecule has 1 aliphatic rings. The van der Waals surface area contributed by atoms with E-state index in [0.717, 1.165) is 40.0 Å². The summed E-state index contributed by atoms with van der Waals surface area (Å²) >= 11 is 1.74. The average molecular weight is 425 g/mol. The molecule has 30 heavy (non-hydrogen) atoms. The Morgan fingerprint density at radius 1 is 1.23 bits per heavy atom. The molecule has 2 aromatic carbocycles. The molecular formula is C23H24N2O4S. The van der Waals surface area contributed by atoms with Crippen LogP contribution in [-0.2, 0) is 22.7 Å². The van der Waals surface area contributed by atoms with E-state index in [4.69, 9.17) is 13.9 Å². The zero-order chi connectivity index (χ0) is 20.9.